The maximum atomic E-state index is 13.2. The monoisotopic (exact) mass is 629 g/mol. The summed E-state index contributed by atoms with van der Waals surface area (Å²) in [6, 6.07) is 6.86. The standard InChI is InChI=1S/C31H44ClN3O5Si2/c1-30(2,3)41(8,9)39-23-18-24(40-42(10,11)31(4,5)6)28(32)22(27(23)29(37)38-7)14-12-13-15-26(36)35-25-17-16-21(19-33)20-34-25/h13,15-18,20H,12,14H2,1-11H3,(H,34,35,36)/b15-13-. The second kappa shape index (κ2) is 13.4. The SMILES string of the molecule is COC(=O)c1c(O[Si](C)(C)C(C)(C)C)cc(O[Si](C)(C)C(C)(C)C)c(Cl)c1CC/C=C\C(=O)Nc1ccc(C#N)cn1. The molecular formula is C31H44ClN3O5Si2. The molecule has 0 atom stereocenters. The highest BCUT2D eigenvalue weighted by atomic mass is 35.5. The van der Waals surface area contributed by atoms with Gasteiger partial charge in [-0.25, -0.2) is 9.78 Å². The second-order valence-electron chi connectivity index (χ2n) is 13.2. The molecule has 0 unspecified atom stereocenters. The number of hydrogen-bond donors (Lipinski definition) is 1. The van der Waals surface area contributed by atoms with Crippen molar-refractivity contribution >= 4 is 45.9 Å². The zero-order valence-corrected chi connectivity index (χ0v) is 29.4. The minimum absolute atomic E-state index is 0.0855. The normalized spacial score (nSPS) is 12.5. The number of carbonyl (C=O) groups excluding carboxylic acids is 2. The number of ether oxygens (including phenoxy) is 1. The molecule has 0 radical (unpaired) electrons. The zero-order valence-electron chi connectivity index (χ0n) is 26.7. The molecule has 228 valence electrons. The molecule has 1 heterocycles. The van der Waals surface area contributed by atoms with Gasteiger partial charge in [0.2, 0.25) is 5.91 Å². The van der Waals surface area contributed by atoms with Crippen LogP contribution in [0.4, 0.5) is 5.82 Å². The summed E-state index contributed by atoms with van der Waals surface area (Å²) in [6.07, 6.45) is 5.23. The number of allylic oxidation sites excluding steroid dienone is 1. The zero-order chi connectivity index (χ0) is 32.1. The lowest BCUT2D eigenvalue weighted by atomic mass is 10.0. The largest absolute Gasteiger partial charge is 0.543 e. The molecule has 1 aromatic heterocycles. The Bertz CT molecular complexity index is 1370. The lowest BCUT2D eigenvalue weighted by Crippen LogP contribution is -2.45. The van der Waals surface area contributed by atoms with Crippen LogP contribution in [-0.4, -0.2) is 40.6 Å². The number of methoxy groups -OCH3 is 1. The van der Waals surface area contributed by atoms with Gasteiger partial charge in [0.15, 0.2) is 0 Å². The van der Waals surface area contributed by atoms with Gasteiger partial charge in [0.1, 0.15) is 28.9 Å². The lowest BCUT2D eigenvalue weighted by Gasteiger charge is -2.39. The fourth-order valence-corrected chi connectivity index (χ4v) is 5.73. The van der Waals surface area contributed by atoms with E-state index in [1.165, 1.54) is 19.4 Å². The summed E-state index contributed by atoms with van der Waals surface area (Å²) < 4.78 is 18.5. The Kier molecular flexibility index (Phi) is 11.2. The minimum Gasteiger partial charge on any atom is -0.543 e. The van der Waals surface area contributed by atoms with Crippen molar-refractivity contribution in [1.82, 2.24) is 4.98 Å². The van der Waals surface area contributed by atoms with E-state index in [1.807, 2.05) is 6.07 Å². The third-order valence-corrected chi connectivity index (χ3v) is 17.1. The number of nitrogens with one attached hydrogen (secondary N) is 1. The number of benzene rings is 1. The molecule has 11 heteroatoms. The van der Waals surface area contributed by atoms with Gasteiger partial charge in [-0.3, -0.25) is 4.79 Å². The molecule has 0 saturated carbocycles. The van der Waals surface area contributed by atoms with E-state index in [4.69, 9.17) is 30.5 Å². The fraction of sp³-hybridized carbons (Fsp3) is 0.484. The molecule has 2 rings (SSSR count). The highest BCUT2D eigenvalue weighted by Crippen LogP contribution is 2.46. The molecule has 0 aliphatic carbocycles. The van der Waals surface area contributed by atoms with E-state index in [9.17, 15) is 9.59 Å². The molecule has 0 aliphatic rings. The number of esters is 1. The van der Waals surface area contributed by atoms with Gasteiger partial charge in [0.05, 0.1) is 17.7 Å². The van der Waals surface area contributed by atoms with Crippen molar-refractivity contribution in [2.75, 3.05) is 12.4 Å². The van der Waals surface area contributed by atoms with Gasteiger partial charge in [-0.2, -0.15) is 5.26 Å². The Morgan fingerprint density at radius 1 is 1.02 bits per heavy atom. The van der Waals surface area contributed by atoms with Gasteiger partial charge >= 0.3 is 5.97 Å². The molecule has 0 bridgehead atoms. The lowest BCUT2D eigenvalue weighted by molar-refractivity contribution is -0.111. The Balaban J connectivity index is 2.51. The first-order valence-electron chi connectivity index (χ1n) is 13.9. The molecule has 0 saturated heterocycles. The van der Waals surface area contributed by atoms with Crippen LogP contribution in [0.15, 0.2) is 36.5 Å². The van der Waals surface area contributed by atoms with Crippen LogP contribution in [0.25, 0.3) is 0 Å². The van der Waals surface area contributed by atoms with Crippen molar-refractivity contribution in [2.24, 2.45) is 0 Å². The molecule has 1 amide bonds. The molecule has 1 aromatic carbocycles. The van der Waals surface area contributed by atoms with Crippen molar-refractivity contribution in [2.45, 2.75) is 90.6 Å². The van der Waals surface area contributed by atoms with Gasteiger partial charge in [0.25, 0.3) is 16.6 Å². The average molecular weight is 630 g/mol. The van der Waals surface area contributed by atoms with E-state index in [-0.39, 0.29) is 21.5 Å². The number of aromatic nitrogens is 1. The third kappa shape index (κ3) is 8.69. The van der Waals surface area contributed by atoms with Crippen LogP contribution in [0.2, 0.25) is 41.3 Å². The third-order valence-electron chi connectivity index (χ3n) is 8.00. The van der Waals surface area contributed by atoms with Crippen molar-refractivity contribution in [3.63, 3.8) is 0 Å². The summed E-state index contributed by atoms with van der Waals surface area (Å²) in [5.41, 5.74) is 1.22. The molecular weight excluding hydrogens is 586 g/mol. The minimum atomic E-state index is -2.38. The van der Waals surface area contributed by atoms with Crippen molar-refractivity contribution in [1.29, 1.82) is 5.26 Å². The van der Waals surface area contributed by atoms with E-state index in [2.05, 4.69) is 78.0 Å². The number of anilines is 1. The molecule has 0 fully saturated rings. The number of nitriles is 1. The van der Waals surface area contributed by atoms with E-state index >= 15 is 0 Å². The highest BCUT2D eigenvalue weighted by molar-refractivity contribution is 6.75. The van der Waals surface area contributed by atoms with Gasteiger partial charge < -0.3 is 18.9 Å². The topological polar surface area (TPSA) is 111 Å². The molecule has 2 aromatic rings. The van der Waals surface area contributed by atoms with Crippen LogP contribution in [0, 0.1) is 11.3 Å². The number of halogens is 1. The first-order chi connectivity index (χ1) is 19.2. The summed E-state index contributed by atoms with van der Waals surface area (Å²) in [7, 11) is -3.35. The summed E-state index contributed by atoms with van der Waals surface area (Å²) in [6.45, 7) is 21.3. The quantitative estimate of drug-likeness (QED) is 0.160. The predicted molar refractivity (Wildman–Crippen MR) is 173 cm³/mol. The van der Waals surface area contributed by atoms with E-state index in [0.29, 0.717) is 46.3 Å². The maximum absolute atomic E-state index is 13.2. The smallest absolute Gasteiger partial charge is 0.341 e. The van der Waals surface area contributed by atoms with Gasteiger partial charge in [-0.15, -0.1) is 0 Å². The predicted octanol–water partition coefficient (Wildman–Crippen LogP) is 8.29. The number of amides is 1. The fourth-order valence-electron chi connectivity index (χ4n) is 3.35. The van der Waals surface area contributed by atoms with Gasteiger partial charge in [-0.05, 0) is 72.9 Å². The van der Waals surface area contributed by atoms with Crippen LogP contribution in [0.3, 0.4) is 0 Å². The van der Waals surface area contributed by atoms with Crippen LogP contribution in [0.1, 0.15) is 69.4 Å². The Hall–Kier alpha value is -3.14. The Morgan fingerprint density at radius 2 is 1.60 bits per heavy atom. The van der Waals surface area contributed by atoms with Crippen molar-refractivity contribution in [3.8, 4) is 17.6 Å². The molecule has 0 spiro atoms. The summed E-state index contributed by atoms with van der Waals surface area (Å²) in [5.74, 6) is 0.294. The molecule has 8 nitrogen and oxygen atoms in total. The molecule has 42 heavy (non-hydrogen) atoms. The number of nitrogens with zero attached hydrogens (tertiary/aromatic N) is 2. The number of carbonyl (C=O) groups is 2. The van der Waals surface area contributed by atoms with E-state index in [0.717, 1.165) is 0 Å². The Morgan fingerprint density at radius 3 is 2.07 bits per heavy atom. The van der Waals surface area contributed by atoms with Crippen LogP contribution in [0.5, 0.6) is 11.5 Å². The van der Waals surface area contributed by atoms with Gasteiger partial charge in [-0.1, -0.05) is 59.2 Å². The van der Waals surface area contributed by atoms with Gasteiger partial charge in [0, 0.05) is 12.3 Å². The van der Waals surface area contributed by atoms with Crippen molar-refractivity contribution < 1.29 is 23.2 Å². The van der Waals surface area contributed by atoms with E-state index in [1.54, 1.807) is 24.3 Å². The number of pyridine rings is 1. The summed E-state index contributed by atoms with van der Waals surface area (Å²) in [4.78, 5) is 29.7. The molecule has 1 N–H and O–H groups in total. The Labute approximate surface area is 257 Å². The first kappa shape index (κ1) is 35.1. The van der Waals surface area contributed by atoms with Crippen LogP contribution in [-0.2, 0) is 16.0 Å². The van der Waals surface area contributed by atoms with Crippen LogP contribution < -0.4 is 14.2 Å². The van der Waals surface area contributed by atoms with E-state index < -0.39 is 22.6 Å². The maximum Gasteiger partial charge on any atom is 0.341 e. The second-order valence-corrected chi connectivity index (χ2v) is 23.1. The average Bonchev–Trinajstić information content (AvgIpc) is 2.87. The number of rotatable bonds is 10. The molecule has 0 aliphatic heterocycles. The van der Waals surface area contributed by atoms with Crippen molar-refractivity contribution in [3.05, 3.63) is 58.3 Å². The summed E-state index contributed by atoms with van der Waals surface area (Å²) in [5, 5.41) is 11.7. The summed E-state index contributed by atoms with van der Waals surface area (Å²) >= 11 is 6.99. The first-order valence-corrected chi connectivity index (χ1v) is 20.1. The van der Waals surface area contributed by atoms with Crippen LogP contribution >= 0.6 is 11.6 Å². The highest BCUT2D eigenvalue weighted by Gasteiger charge is 2.42. The number of hydrogen-bond acceptors (Lipinski definition) is 7.